The number of hydrogen-bond donors (Lipinski definition) is 1. The lowest BCUT2D eigenvalue weighted by Gasteiger charge is -2.15. The van der Waals surface area contributed by atoms with Crippen molar-refractivity contribution in [3.05, 3.63) is 72.1 Å². The van der Waals surface area contributed by atoms with E-state index in [0.29, 0.717) is 12.3 Å². The van der Waals surface area contributed by atoms with E-state index in [4.69, 9.17) is 0 Å². The Kier molecular flexibility index (Phi) is 5.80. The van der Waals surface area contributed by atoms with Gasteiger partial charge in [0.25, 0.3) is 0 Å². The van der Waals surface area contributed by atoms with E-state index in [1.54, 1.807) is 0 Å². The molecule has 0 aliphatic carbocycles. The Hall–Kier alpha value is -2.81. The molecule has 140 valence electrons. The number of aromatic nitrogens is 1. The molecule has 0 amide bonds. The molecular formula is C24H27NO2. The van der Waals surface area contributed by atoms with Crippen LogP contribution in [0.2, 0.25) is 0 Å². The quantitative estimate of drug-likeness (QED) is 0.577. The Morgan fingerprint density at radius 1 is 0.926 bits per heavy atom. The fraction of sp³-hybridized carbons (Fsp3) is 0.292. The first kappa shape index (κ1) is 19.0. The van der Waals surface area contributed by atoms with E-state index in [1.807, 2.05) is 24.3 Å². The molecular weight excluding hydrogens is 334 g/mol. The molecule has 0 radical (unpaired) electrons. The first-order chi connectivity index (χ1) is 13.0. The molecule has 0 fully saturated rings. The summed E-state index contributed by atoms with van der Waals surface area (Å²) >= 11 is 0. The van der Waals surface area contributed by atoms with Crippen LogP contribution in [0.15, 0.2) is 60.7 Å². The van der Waals surface area contributed by atoms with Gasteiger partial charge in [0.2, 0.25) is 0 Å². The van der Waals surface area contributed by atoms with E-state index in [1.165, 1.54) is 22.4 Å². The number of aliphatic carboxylic acids is 1. The van der Waals surface area contributed by atoms with Crippen molar-refractivity contribution in [2.24, 2.45) is 5.92 Å². The first-order valence-electron chi connectivity index (χ1n) is 9.53. The average molecular weight is 361 g/mol. The molecule has 0 atom stereocenters. The highest BCUT2D eigenvalue weighted by Gasteiger charge is 2.23. The van der Waals surface area contributed by atoms with Gasteiger partial charge in [-0.2, -0.15) is 0 Å². The Morgan fingerprint density at radius 2 is 1.44 bits per heavy atom. The van der Waals surface area contributed by atoms with Crippen LogP contribution >= 0.6 is 0 Å². The van der Waals surface area contributed by atoms with Gasteiger partial charge in [0.15, 0.2) is 0 Å². The maximum Gasteiger partial charge on any atom is 0.303 e. The molecule has 3 nitrogen and oxygen atoms in total. The summed E-state index contributed by atoms with van der Waals surface area (Å²) in [6.45, 7) is 7.43. The minimum absolute atomic E-state index is 0.135. The van der Waals surface area contributed by atoms with E-state index in [-0.39, 0.29) is 6.42 Å². The van der Waals surface area contributed by atoms with Crippen LogP contribution in [0.3, 0.4) is 0 Å². The smallest absolute Gasteiger partial charge is 0.303 e. The predicted octanol–water partition coefficient (Wildman–Crippen LogP) is 5.80. The van der Waals surface area contributed by atoms with E-state index in [2.05, 4.69) is 61.7 Å². The van der Waals surface area contributed by atoms with E-state index in [0.717, 1.165) is 17.8 Å². The van der Waals surface area contributed by atoms with Gasteiger partial charge in [-0.15, -0.1) is 0 Å². The number of carboxylic acid groups (broad SMARTS) is 1. The van der Waals surface area contributed by atoms with Crippen LogP contribution < -0.4 is 0 Å². The number of rotatable bonds is 7. The summed E-state index contributed by atoms with van der Waals surface area (Å²) in [4.78, 5) is 11.3. The maximum atomic E-state index is 11.3. The Labute approximate surface area is 161 Å². The maximum absolute atomic E-state index is 11.3. The zero-order valence-corrected chi connectivity index (χ0v) is 16.3. The summed E-state index contributed by atoms with van der Waals surface area (Å²) in [6.07, 6.45) is 0.662. The molecule has 2 aromatic carbocycles. The van der Waals surface area contributed by atoms with Crippen LogP contribution in [0.4, 0.5) is 0 Å². The Morgan fingerprint density at radius 3 is 1.93 bits per heavy atom. The third-order valence-electron chi connectivity index (χ3n) is 4.88. The van der Waals surface area contributed by atoms with Crippen LogP contribution in [-0.2, 0) is 17.8 Å². The molecule has 0 bridgehead atoms. The lowest BCUT2D eigenvalue weighted by molar-refractivity contribution is -0.136. The summed E-state index contributed by atoms with van der Waals surface area (Å²) in [5, 5.41) is 9.29. The minimum atomic E-state index is -0.759. The minimum Gasteiger partial charge on any atom is -0.481 e. The van der Waals surface area contributed by atoms with Crippen LogP contribution in [0, 0.1) is 12.8 Å². The number of benzene rings is 2. The van der Waals surface area contributed by atoms with Crippen molar-refractivity contribution in [3.8, 4) is 22.3 Å². The van der Waals surface area contributed by atoms with Gasteiger partial charge < -0.3 is 9.67 Å². The highest BCUT2D eigenvalue weighted by Crippen LogP contribution is 2.40. The lowest BCUT2D eigenvalue weighted by atomic mass is 9.94. The SMILES string of the molecule is Cc1c(-c2ccccc2)c(-c2ccccc2)c(CCC(=O)O)n1CC(C)C. The summed E-state index contributed by atoms with van der Waals surface area (Å²) in [6, 6.07) is 20.7. The predicted molar refractivity (Wildman–Crippen MR) is 111 cm³/mol. The zero-order chi connectivity index (χ0) is 19.4. The van der Waals surface area contributed by atoms with Gasteiger partial charge in [-0.3, -0.25) is 4.79 Å². The second-order valence-electron chi connectivity index (χ2n) is 7.41. The monoisotopic (exact) mass is 361 g/mol. The number of hydrogen-bond acceptors (Lipinski definition) is 1. The topological polar surface area (TPSA) is 42.2 Å². The van der Waals surface area contributed by atoms with Gasteiger partial charge >= 0.3 is 5.97 Å². The van der Waals surface area contributed by atoms with Crippen molar-refractivity contribution < 1.29 is 9.90 Å². The number of carboxylic acids is 1. The van der Waals surface area contributed by atoms with Crippen LogP contribution in [-0.4, -0.2) is 15.6 Å². The molecule has 1 aromatic heterocycles. The van der Waals surface area contributed by atoms with E-state index >= 15 is 0 Å². The Balaban J connectivity index is 2.29. The van der Waals surface area contributed by atoms with Gasteiger partial charge in [-0.05, 0) is 30.4 Å². The van der Waals surface area contributed by atoms with Gasteiger partial charge in [0, 0.05) is 29.1 Å². The molecule has 0 saturated heterocycles. The van der Waals surface area contributed by atoms with Gasteiger partial charge in [0.05, 0.1) is 6.42 Å². The summed E-state index contributed by atoms with van der Waals surface area (Å²) < 4.78 is 2.33. The Bertz CT molecular complexity index is 909. The highest BCUT2D eigenvalue weighted by atomic mass is 16.4. The van der Waals surface area contributed by atoms with Crippen molar-refractivity contribution in [2.75, 3.05) is 0 Å². The summed E-state index contributed by atoms with van der Waals surface area (Å²) in [5.41, 5.74) is 7.02. The van der Waals surface area contributed by atoms with Gasteiger partial charge in [-0.1, -0.05) is 74.5 Å². The van der Waals surface area contributed by atoms with E-state index < -0.39 is 5.97 Å². The van der Waals surface area contributed by atoms with Gasteiger partial charge in [-0.25, -0.2) is 0 Å². The fourth-order valence-corrected chi connectivity index (χ4v) is 3.77. The molecule has 3 aromatic rings. The molecule has 27 heavy (non-hydrogen) atoms. The zero-order valence-electron chi connectivity index (χ0n) is 16.3. The van der Waals surface area contributed by atoms with Crippen molar-refractivity contribution in [1.82, 2.24) is 4.57 Å². The van der Waals surface area contributed by atoms with Crippen LogP contribution in [0.1, 0.15) is 31.7 Å². The third kappa shape index (κ3) is 4.13. The largest absolute Gasteiger partial charge is 0.481 e. The second kappa shape index (κ2) is 8.26. The summed E-state index contributed by atoms with van der Waals surface area (Å²) in [7, 11) is 0. The molecule has 1 N–H and O–H groups in total. The lowest BCUT2D eigenvalue weighted by Crippen LogP contribution is -2.11. The molecule has 0 saturated carbocycles. The van der Waals surface area contributed by atoms with Crippen molar-refractivity contribution >= 4 is 5.97 Å². The number of nitrogens with zero attached hydrogens (tertiary/aromatic N) is 1. The molecule has 0 unspecified atom stereocenters. The van der Waals surface area contributed by atoms with Crippen molar-refractivity contribution in [3.63, 3.8) is 0 Å². The van der Waals surface area contributed by atoms with E-state index in [9.17, 15) is 9.90 Å². The highest BCUT2D eigenvalue weighted by molar-refractivity contribution is 5.88. The normalized spacial score (nSPS) is 11.1. The standard InChI is InChI=1S/C24H27NO2/c1-17(2)16-25-18(3)23(19-10-6-4-7-11-19)24(20-12-8-5-9-13-20)21(25)14-15-22(26)27/h4-13,17H,14-16H2,1-3H3,(H,26,27). The van der Waals surface area contributed by atoms with Crippen molar-refractivity contribution in [2.45, 2.75) is 40.2 Å². The van der Waals surface area contributed by atoms with Crippen LogP contribution in [0.25, 0.3) is 22.3 Å². The van der Waals surface area contributed by atoms with Crippen LogP contribution in [0.5, 0.6) is 0 Å². The molecule has 0 aliphatic rings. The van der Waals surface area contributed by atoms with Crippen molar-refractivity contribution in [1.29, 1.82) is 0 Å². The summed E-state index contributed by atoms with van der Waals surface area (Å²) in [5.74, 6) is -0.280. The molecule has 0 aliphatic heterocycles. The first-order valence-corrected chi connectivity index (χ1v) is 9.53. The fourth-order valence-electron chi connectivity index (χ4n) is 3.77. The third-order valence-corrected chi connectivity index (χ3v) is 4.88. The molecule has 0 spiro atoms. The average Bonchev–Trinajstić information content (AvgIpc) is 2.93. The number of carbonyl (C=O) groups is 1. The second-order valence-corrected chi connectivity index (χ2v) is 7.41. The molecule has 3 heteroatoms. The van der Waals surface area contributed by atoms with Gasteiger partial charge in [0.1, 0.15) is 0 Å². The molecule has 3 rings (SSSR count). The molecule has 1 heterocycles.